The Balaban J connectivity index is 1.82. The summed E-state index contributed by atoms with van der Waals surface area (Å²) in [6, 6.07) is 7.82. The van der Waals surface area contributed by atoms with Crippen molar-refractivity contribution in [3.8, 4) is 5.75 Å². The summed E-state index contributed by atoms with van der Waals surface area (Å²) in [4.78, 5) is 14.1. The molecule has 1 saturated heterocycles. The van der Waals surface area contributed by atoms with E-state index in [0.717, 1.165) is 43.2 Å². The zero-order chi connectivity index (χ0) is 16.8. The van der Waals surface area contributed by atoms with Gasteiger partial charge in [0.05, 0.1) is 0 Å². The second-order valence-electron chi connectivity index (χ2n) is 6.50. The Labute approximate surface area is 144 Å². The van der Waals surface area contributed by atoms with E-state index in [1.54, 1.807) is 0 Å². The van der Waals surface area contributed by atoms with Gasteiger partial charge in [0.25, 0.3) is 5.91 Å². The van der Waals surface area contributed by atoms with Gasteiger partial charge in [-0.1, -0.05) is 39.0 Å². The number of amides is 1. The number of nitrogens with one attached hydrogen (secondary N) is 1. The lowest BCUT2D eigenvalue weighted by Crippen LogP contribution is -2.47. The average molecular weight is 334 g/mol. The van der Waals surface area contributed by atoms with E-state index in [2.05, 4.69) is 31.0 Å². The summed E-state index contributed by atoms with van der Waals surface area (Å²) in [6.07, 6.45) is 2.24. The molecule has 1 amide bonds. The molecule has 0 saturated carbocycles. The number of piperidine rings is 1. The number of nitrogens with zero attached hydrogens (tertiary/aromatic N) is 1. The third kappa shape index (κ3) is 5.20. The van der Waals surface area contributed by atoms with Crippen molar-refractivity contribution in [2.24, 2.45) is 5.92 Å². The third-order valence-electron chi connectivity index (χ3n) is 4.22. The zero-order valence-corrected chi connectivity index (χ0v) is 15.0. The molecule has 1 aromatic rings. The monoisotopic (exact) mass is 334 g/mol. The number of carbonyl (C=O) groups excluding carboxylic acids is 1. The lowest BCUT2D eigenvalue weighted by Gasteiger charge is -2.32. The van der Waals surface area contributed by atoms with Crippen LogP contribution in [0, 0.1) is 5.92 Å². The van der Waals surface area contributed by atoms with Crippen molar-refractivity contribution in [3.63, 3.8) is 0 Å². The summed E-state index contributed by atoms with van der Waals surface area (Å²) in [5.41, 5.74) is 1.10. The van der Waals surface area contributed by atoms with E-state index in [1.807, 2.05) is 24.3 Å². The first-order valence-corrected chi connectivity index (χ1v) is 8.68. The molecule has 0 unspecified atom stereocenters. The number of benzene rings is 1. The van der Waals surface area contributed by atoms with Crippen molar-refractivity contribution in [3.05, 3.63) is 29.8 Å². The number of carbonyl (C=O) groups is 1. The molecular formula is C18H26N2O2S. The molecule has 1 aliphatic rings. The first-order valence-electron chi connectivity index (χ1n) is 8.28. The quantitative estimate of drug-likeness (QED) is 0.858. The van der Waals surface area contributed by atoms with Crippen LogP contribution in [0.4, 0.5) is 0 Å². The van der Waals surface area contributed by atoms with Crippen molar-refractivity contribution in [2.75, 3.05) is 19.7 Å². The number of thiocarbonyl (C=S) groups is 1. The zero-order valence-electron chi connectivity index (χ0n) is 14.2. The van der Waals surface area contributed by atoms with E-state index in [9.17, 15) is 4.79 Å². The van der Waals surface area contributed by atoms with Crippen LogP contribution in [-0.2, 0) is 4.79 Å². The summed E-state index contributed by atoms with van der Waals surface area (Å²) in [6.45, 7) is 8.27. The van der Waals surface area contributed by atoms with Crippen LogP contribution in [0.25, 0.3) is 0 Å². The molecule has 0 aromatic heterocycles. The highest BCUT2D eigenvalue weighted by Gasteiger charge is 2.19. The van der Waals surface area contributed by atoms with E-state index in [1.165, 1.54) is 0 Å². The molecule has 23 heavy (non-hydrogen) atoms. The predicted molar refractivity (Wildman–Crippen MR) is 96.7 cm³/mol. The Bertz CT molecular complexity index is 552. The molecule has 0 bridgehead atoms. The molecular weight excluding hydrogens is 308 g/mol. The number of likely N-dealkylation sites (tertiary alicyclic amines) is 1. The summed E-state index contributed by atoms with van der Waals surface area (Å²) < 4.78 is 5.68. The molecule has 2 rings (SSSR count). The van der Waals surface area contributed by atoms with E-state index in [4.69, 9.17) is 17.0 Å². The minimum Gasteiger partial charge on any atom is -0.483 e. The normalized spacial score (nSPS) is 15.6. The summed E-state index contributed by atoms with van der Waals surface area (Å²) in [7, 11) is 0. The van der Waals surface area contributed by atoms with E-state index < -0.39 is 0 Å². The van der Waals surface area contributed by atoms with Gasteiger partial charge in [0, 0.05) is 13.1 Å². The van der Waals surface area contributed by atoms with Gasteiger partial charge in [-0.25, -0.2) is 0 Å². The van der Waals surface area contributed by atoms with Crippen LogP contribution < -0.4 is 10.1 Å². The first kappa shape index (κ1) is 17.7. The van der Waals surface area contributed by atoms with Crippen LogP contribution in [0.2, 0.25) is 0 Å². The van der Waals surface area contributed by atoms with Gasteiger partial charge < -0.3 is 15.0 Å². The topological polar surface area (TPSA) is 41.6 Å². The molecule has 0 atom stereocenters. The van der Waals surface area contributed by atoms with Crippen LogP contribution in [0.1, 0.15) is 45.1 Å². The maximum absolute atomic E-state index is 12.1. The van der Waals surface area contributed by atoms with Gasteiger partial charge in [0.1, 0.15) is 5.75 Å². The lowest BCUT2D eigenvalue weighted by atomic mass is 10.00. The molecule has 4 nitrogen and oxygen atoms in total. The second kappa shape index (κ2) is 8.29. The van der Waals surface area contributed by atoms with Gasteiger partial charge in [-0.2, -0.15) is 0 Å². The molecule has 126 valence electrons. The Morgan fingerprint density at radius 1 is 1.35 bits per heavy atom. The van der Waals surface area contributed by atoms with Crippen LogP contribution in [0.3, 0.4) is 0 Å². The van der Waals surface area contributed by atoms with E-state index in [0.29, 0.717) is 11.0 Å². The maximum Gasteiger partial charge on any atom is 0.264 e. The van der Waals surface area contributed by atoms with Crippen LogP contribution in [-0.4, -0.2) is 35.6 Å². The Morgan fingerprint density at radius 3 is 2.65 bits per heavy atom. The third-order valence-corrected chi connectivity index (χ3v) is 4.58. The first-order chi connectivity index (χ1) is 11.0. The number of hydrogen-bond donors (Lipinski definition) is 1. The second-order valence-corrected chi connectivity index (χ2v) is 6.89. The van der Waals surface area contributed by atoms with E-state index >= 15 is 0 Å². The van der Waals surface area contributed by atoms with Crippen molar-refractivity contribution >= 4 is 23.2 Å². The van der Waals surface area contributed by atoms with Gasteiger partial charge in [-0.05, 0) is 48.5 Å². The van der Waals surface area contributed by atoms with Gasteiger partial charge in [-0.3, -0.25) is 4.79 Å². The van der Waals surface area contributed by atoms with Crippen LogP contribution >= 0.6 is 12.2 Å². The van der Waals surface area contributed by atoms with Crippen molar-refractivity contribution < 1.29 is 9.53 Å². The highest BCUT2D eigenvalue weighted by Crippen LogP contribution is 2.25. The summed E-state index contributed by atoms with van der Waals surface area (Å²) in [5, 5.41) is 3.29. The Morgan fingerprint density at radius 2 is 2.00 bits per heavy atom. The van der Waals surface area contributed by atoms with Gasteiger partial charge in [-0.15, -0.1) is 0 Å². The van der Waals surface area contributed by atoms with Gasteiger partial charge >= 0.3 is 0 Å². The minimum atomic E-state index is -0.202. The highest BCUT2D eigenvalue weighted by atomic mass is 32.1. The number of hydrogen-bond acceptors (Lipinski definition) is 3. The fourth-order valence-electron chi connectivity index (χ4n) is 2.68. The standard InChI is InChI=1S/C18H26N2O2S/c1-13(2)15-6-4-5-7-16(15)22-12-17(21)19-18(23)20-10-8-14(3)9-11-20/h4-7,13-14H,8-12H2,1-3H3,(H,19,21,23). The SMILES string of the molecule is CC1CCN(C(=S)NC(=O)COc2ccccc2C(C)C)CC1. The molecule has 1 heterocycles. The molecule has 1 N–H and O–H groups in total. The van der Waals surface area contributed by atoms with Crippen LogP contribution in [0.15, 0.2) is 24.3 Å². The number of ether oxygens (including phenoxy) is 1. The average Bonchev–Trinajstić information content (AvgIpc) is 2.53. The summed E-state index contributed by atoms with van der Waals surface area (Å²) >= 11 is 5.33. The maximum atomic E-state index is 12.1. The molecule has 0 radical (unpaired) electrons. The largest absolute Gasteiger partial charge is 0.483 e. The van der Waals surface area contributed by atoms with Crippen molar-refractivity contribution in [1.29, 1.82) is 0 Å². The fraction of sp³-hybridized carbons (Fsp3) is 0.556. The Hall–Kier alpha value is -1.62. The molecule has 1 aliphatic heterocycles. The van der Waals surface area contributed by atoms with Gasteiger partial charge in [0.15, 0.2) is 11.7 Å². The van der Waals surface area contributed by atoms with E-state index in [-0.39, 0.29) is 12.5 Å². The number of rotatable bonds is 4. The minimum absolute atomic E-state index is 0.0197. The molecule has 1 fully saturated rings. The van der Waals surface area contributed by atoms with Gasteiger partial charge in [0.2, 0.25) is 0 Å². The molecule has 0 spiro atoms. The highest BCUT2D eigenvalue weighted by molar-refractivity contribution is 7.80. The Kier molecular flexibility index (Phi) is 6.39. The summed E-state index contributed by atoms with van der Waals surface area (Å²) in [5.74, 6) is 1.65. The lowest BCUT2D eigenvalue weighted by molar-refractivity contribution is -0.121. The fourth-order valence-corrected chi connectivity index (χ4v) is 2.97. The smallest absolute Gasteiger partial charge is 0.264 e. The molecule has 5 heteroatoms. The molecule has 1 aromatic carbocycles. The number of para-hydroxylation sites is 1. The van der Waals surface area contributed by atoms with Crippen molar-refractivity contribution in [1.82, 2.24) is 10.2 Å². The predicted octanol–water partition coefficient (Wildman–Crippen LogP) is 3.32. The van der Waals surface area contributed by atoms with Crippen LogP contribution in [0.5, 0.6) is 5.75 Å². The molecule has 0 aliphatic carbocycles. The van der Waals surface area contributed by atoms with Crippen molar-refractivity contribution in [2.45, 2.75) is 39.5 Å².